The first-order valence-electron chi connectivity index (χ1n) is 10.7. The van der Waals surface area contributed by atoms with Crippen molar-refractivity contribution in [3.8, 4) is 5.75 Å². The molecular weight excluding hydrogens is 402 g/mol. The number of hydrogen-bond acceptors (Lipinski definition) is 5. The molecule has 0 amide bonds. The van der Waals surface area contributed by atoms with Crippen molar-refractivity contribution in [2.45, 2.75) is 37.5 Å². The minimum atomic E-state index is -2.60. The van der Waals surface area contributed by atoms with E-state index in [1.54, 1.807) is 35.2 Å². The van der Waals surface area contributed by atoms with E-state index in [2.05, 4.69) is 4.98 Å². The third kappa shape index (κ3) is 4.55. The molecule has 0 aliphatic carbocycles. The van der Waals surface area contributed by atoms with Crippen LogP contribution in [0.15, 0.2) is 24.3 Å². The zero-order chi connectivity index (χ0) is 22.2. The maximum atomic E-state index is 13.4. The van der Waals surface area contributed by atoms with Crippen molar-refractivity contribution < 1.29 is 18.6 Å². The van der Waals surface area contributed by atoms with E-state index in [9.17, 15) is 13.9 Å². The molecule has 4 rings (SSSR count). The van der Waals surface area contributed by atoms with Crippen LogP contribution in [0, 0.1) is 0 Å². The summed E-state index contributed by atoms with van der Waals surface area (Å²) in [4.78, 5) is 5.12. The van der Waals surface area contributed by atoms with Gasteiger partial charge in [-0.25, -0.2) is 8.78 Å². The van der Waals surface area contributed by atoms with E-state index in [1.165, 1.54) is 0 Å². The molecule has 2 aliphatic rings. The number of halogens is 2. The third-order valence-electron chi connectivity index (χ3n) is 6.22. The molecular formula is C23H30F2N4O2. The van der Waals surface area contributed by atoms with Gasteiger partial charge in [0.1, 0.15) is 11.6 Å². The molecule has 31 heavy (non-hydrogen) atoms. The molecule has 0 bridgehead atoms. The number of aromatic amines is 1. The number of nitrogens with two attached hydrogens (primary N) is 2. The molecule has 1 unspecified atom stereocenters. The van der Waals surface area contributed by atoms with Gasteiger partial charge in [-0.15, -0.1) is 0 Å². The predicted octanol–water partition coefficient (Wildman–Crippen LogP) is 3.71. The number of benzene rings is 1. The summed E-state index contributed by atoms with van der Waals surface area (Å²) >= 11 is 0. The van der Waals surface area contributed by atoms with E-state index >= 15 is 0 Å². The van der Waals surface area contributed by atoms with E-state index in [-0.39, 0.29) is 30.7 Å². The monoisotopic (exact) mass is 432 g/mol. The predicted molar refractivity (Wildman–Crippen MR) is 118 cm³/mol. The fourth-order valence-electron chi connectivity index (χ4n) is 4.73. The second kappa shape index (κ2) is 8.51. The number of ether oxygens (including phenoxy) is 1. The maximum absolute atomic E-state index is 13.4. The Hall–Kier alpha value is -2.58. The molecule has 3 heterocycles. The number of alkyl halides is 2. The summed E-state index contributed by atoms with van der Waals surface area (Å²) in [6.45, 7) is 3.49. The number of rotatable bonds is 6. The van der Waals surface area contributed by atoms with Gasteiger partial charge in [0.25, 0.3) is 5.92 Å². The minimum Gasteiger partial charge on any atom is -0.507 e. The molecule has 2 saturated heterocycles. The smallest absolute Gasteiger partial charge is 0.272 e. The first-order valence-corrected chi connectivity index (χ1v) is 10.7. The van der Waals surface area contributed by atoms with Gasteiger partial charge in [-0.05, 0) is 42.5 Å². The molecule has 0 radical (unpaired) electrons. The zero-order valence-corrected chi connectivity index (χ0v) is 17.7. The highest BCUT2D eigenvalue weighted by Gasteiger charge is 2.44. The van der Waals surface area contributed by atoms with Crippen molar-refractivity contribution >= 4 is 17.6 Å². The average molecular weight is 433 g/mol. The summed E-state index contributed by atoms with van der Waals surface area (Å²) in [5.41, 5.74) is 16.5. The molecule has 1 aromatic heterocycles. The number of anilines is 1. The fourth-order valence-corrected chi connectivity index (χ4v) is 4.73. The normalized spacial score (nSPS) is 21.1. The van der Waals surface area contributed by atoms with Gasteiger partial charge in [-0.1, -0.05) is 19.1 Å². The number of H-pyrrole nitrogens is 1. The maximum Gasteiger partial charge on any atom is 0.272 e. The topological polar surface area (TPSA) is 101 Å². The highest BCUT2D eigenvalue weighted by atomic mass is 19.3. The van der Waals surface area contributed by atoms with Gasteiger partial charge in [0.2, 0.25) is 0 Å². The number of nitrogens with one attached hydrogen (secondary N) is 1. The van der Waals surface area contributed by atoms with Crippen LogP contribution in [0.1, 0.15) is 54.0 Å². The van der Waals surface area contributed by atoms with E-state index in [0.717, 1.165) is 29.7 Å². The first kappa shape index (κ1) is 21.6. The van der Waals surface area contributed by atoms with Gasteiger partial charge >= 0.3 is 0 Å². The lowest BCUT2D eigenvalue weighted by Gasteiger charge is -2.40. The van der Waals surface area contributed by atoms with Crippen molar-refractivity contribution in [2.75, 3.05) is 38.6 Å². The van der Waals surface area contributed by atoms with Crippen LogP contribution in [0.4, 0.5) is 14.6 Å². The summed E-state index contributed by atoms with van der Waals surface area (Å²) in [6, 6.07) is 6.86. The number of para-hydroxylation sites is 1. The number of nitrogens with zero attached hydrogens (tertiary/aromatic N) is 1. The number of aromatic hydroxyl groups is 1. The van der Waals surface area contributed by atoms with Crippen LogP contribution in [-0.4, -0.2) is 53.8 Å². The highest BCUT2D eigenvalue weighted by molar-refractivity contribution is 5.86. The lowest BCUT2D eigenvalue weighted by Crippen LogP contribution is -2.56. The summed E-state index contributed by atoms with van der Waals surface area (Å²) in [6.07, 6.45) is 3.53. The van der Waals surface area contributed by atoms with E-state index in [1.807, 2.05) is 6.92 Å². The molecule has 168 valence electrons. The van der Waals surface area contributed by atoms with Crippen molar-refractivity contribution in [1.82, 2.24) is 9.88 Å². The van der Waals surface area contributed by atoms with Gasteiger partial charge in [0.05, 0.1) is 13.1 Å². The van der Waals surface area contributed by atoms with E-state index in [0.29, 0.717) is 36.8 Å². The Kier molecular flexibility index (Phi) is 5.94. The Balaban J connectivity index is 1.70. The molecule has 1 atom stereocenters. The zero-order valence-electron chi connectivity index (χ0n) is 17.7. The van der Waals surface area contributed by atoms with Crippen LogP contribution < -0.4 is 11.5 Å². The fraction of sp³-hybridized carbons (Fsp3) is 0.478. The summed E-state index contributed by atoms with van der Waals surface area (Å²) < 4.78 is 32.2. The minimum absolute atomic E-state index is 0.0223. The van der Waals surface area contributed by atoms with E-state index in [4.69, 9.17) is 16.2 Å². The standard InChI is InChI=1S/C23H30F2N4O2/c1-14(11-29-12-23(24,25)13-29)20-17(10-18(26)16-4-2-3-5-19(16)30)22(27)28-21(20)15-6-8-31-9-7-15/h2-5,10,14-15,28,30H,6-9,11-13,26-27H2,1H3/b18-10-. The van der Waals surface area contributed by atoms with Gasteiger partial charge in [-0.2, -0.15) is 0 Å². The summed E-state index contributed by atoms with van der Waals surface area (Å²) in [7, 11) is 0. The molecule has 6 N–H and O–H groups in total. The highest BCUT2D eigenvalue weighted by Crippen LogP contribution is 2.40. The Bertz CT molecular complexity index is 958. The number of nitrogen functional groups attached to an aromatic ring is 1. The first-order chi connectivity index (χ1) is 14.7. The second-order valence-corrected chi connectivity index (χ2v) is 8.71. The van der Waals surface area contributed by atoms with Crippen LogP contribution >= 0.6 is 0 Å². The Morgan fingerprint density at radius 3 is 2.65 bits per heavy atom. The molecule has 0 spiro atoms. The molecule has 2 aliphatic heterocycles. The summed E-state index contributed by atoms with van der Waals surface area (Å²) in [5, 5.41) is 10.2. The summed E-state index contributed by atoms with van der Waals surface area (Å²) in [5.74, 6) is -1.77. The lowest BCUT2D eigenvalue weighted by atomic mass is 9.86. The van der Waals surface area contributed by atoms with Crippen LogP contribution in [0.2, 0.25) is 0 Å². The Labute approximate surface area is 180 Å². The number of likely N-dealkylation sites (tertiary alicyclic amines) is 1. The van der Waals surface area contributed by atoms with Gasteiger partial charge in [0, 0.05) is 48.2 Å². The number of phenols is 1. The molecule has 6 nitrogen and oxygen atoms in total. The van der Waals surface area contributed by atoms with Crippen LogP contribution in [0.3, 0.4) is 0 Å². The van der Waals surface area contributed by atoms with Crippen molar-refractivity contribution in [3.63, 3.8) is 0 Å². The number of aromatic nitrogens is 1. The van der Waals surface area contributed by atoms with Crippen LogP contribution in [0.25, 0.3) is 11.8 Å². The van der Waals surface area contributed by atoms with Gasteiger partial charge in [0.15, 0.2) is 0 Å². The van der Waals surface area contributed by atoms with Crippen molar-refractivity contribution in [2.24, 2.45) is 5.73 Å². The number of hydrogen-bond donors (Lipinski definition) is 4. The van der Waals surface area contributed by atoms with Crippen LogP contribution in [-0.2, 0) is 4.74 Å². The number of phenolic OH excluding ortho intramolecular Hbond substituents is 1. The van der Waals surface area contributed by atoms with Crippen molar-refractivity contribution in [3.05, 3.63) is 46.6 Å². The second-order valence-electron chi connectivity index (χ2n) is 8.71. The third-order valence-corrected chi connectivity index (χ3v) is 6.22. The molecule has 2 fully saturated rings. The van der Waals surface area contributed by atoms with Crippen LogP contribution in [0.5, 0.6) is 5.75 Å². The SMILES string of the molecule is CC(CN1CC(F)(F)C1)c1c(C2CCOCC2)[nH]c(N)c1/C=C(\N)c1ccccc1O. The molecule has 8 heteroatoms. The Morgan fingerprint density at radius 2 is 2.00 bits per heavy atom. The molecule has 0 saturated carbocycles. The van der Waals surface area contributed by atoms with Gasteiger partial charge < -0.3 is 26.3 Å². The largest absolute Gasteiger partial charge is 0.507 e. The van der Waals surface area contributed by atoms with E-state index < -0.39 is 5.92 Å². The van der Waals surface area contributed by atoms with Gasteiger partial charge in [-0.3, -0.25) is 4.90 Å². The average Bonchev–Trinajstić information content (AvgIpc) is 3.04. The lowest BCUT2D eigenvalue weighted by molar-refractivity contribution is -0.131. The Morgan fingerprint density at radius 1 is 1.32 bits per heavy atom. The van der Waals surface area contributed by atoms with Crippen molar-refractivity contribution in [1.29, 1.82) is 0 Å². The molecule has 1 aromatic carbocycles. The quantitative estimate of drug-likeness (QED) is 0.558. The molecule has 2 aromatic rings.